The van der Waals surface area contributed by atoms with Crippen molar-refractivity contribution in [3.05, 3.63) is 78.5 Å². The van der Waals surface area contributed by atoms with E-state index in [0.717, 1.165) is 50.9 Å². The molecule has 0 aliphatic carbocycles. The molecule has 3 aromatic carbocycles. The molecule has 0 aliphatic rings. The molecule has 2 aromatic heterocycles. The molecule has 0 saturated heterocycles. The van der Waals surface area contributed by atoms with E-state index in [2.05, 4.69) is 19.1 Å². The molecule has 5 rings (SSSR count). The van der Waals surface area contributed by atoms with Crippen molar-refractivity contribution in [1.82, 2.24) is 14.8 Å². The van der Waals surface area contributed by atoms with Crippen molar-refractivity contribution >= 4 is 21.8 Å². The van der Waals surface area contributed by atoms with Gasteiger partial charge >= 0.3 is 0 Å². The Hall–Kier alpha value is -3.86. The maximum absolute atomic E-state index is 5.63. The molecule has 0 unspecified atom stereocenters. The van der Waals surface area contributed by atoms with Gasteiger partial charge in [0, 0.05) is 16.3 Å². The molecule has 0 aliphatic heterocycles. The lowest BCUT2D eigenvalue weighted by Gasteiger charge is -2.13. The lowest BCUT2D eigenvalue weighted by atomic mass is 10.0. The monoisotopic (exact) mass is 409 g/mol. The Labute approximate surface area is 180 Å². The van der Waals surface area contributed by atoms with Crippen LogP contribution >= 0.6 is 0 Å². The minimum Gasteiger partial charge on any atom is -0.493 e. The van der Waals surface area contributed by atoms with Crippen LogP contribution in [-0.2, 0) is 6.42 Å². The first-order chi connectivity index (χ1) is 15.2. The number of methoxy groups -OCH3 is 2. The van der Waals surface area contributed by atoms with Crippen molar-refractivity contribution in [1.29, 1.82) is 0 Å². The molecule has 5 aromatic rings. The van der Waals surface area contributed by atoms with E-state index >= 15 is 0 Å². The quantitative estimate of drug-likeness (QED) is 0.367. The van der Waals surface area contributed by atoms with Crippen LogP contribution < -0.4 is 9.47 Å². The summed E-state index contributed by atoms with van der Waals surface area (Å²) < 4.78 is 13.1. The molecule has 0 bridgehead atoms. The second-order valence-electron chi connectivity index (χ2n) is 7.33. The van der Waals surface area contributed by atoms with E-state index in [4.69, 9.17) is 19.6 Å². The van der Waals surface area contributed by atoms with Crippen molar-refractivity contribution in [2.45, 2.75) is 13.3 Å². The fourth-order valence-corrected chi connectivity index (χ4v) is 4.09. The summed E-state index contributed by atoms with van der Waals surface area (Å²) in [5, 5.41) is 8.15. The third-order valence-corrected chi connectivity index (χ3v) is 5.59. The Morgan fingerprint density at radius 1 is 0.806 bits per heavy atom. The number of hydrogen-bond acceptors (Lipinski definition) is 4. The molecule has 0 saturated carbocycles. The first-order valence-electron chi connectivity index (χ1n) is 10.3. The highest BCUT2D eigenvalue weighted by Crippen LogP contribution is 2.40. The molecule has 31 heavy (non-hydrogen) atoms. The maximum atomic E-state index is 5.63. The number of fused-ring (bicyclic) bond motifs is 3. The van der Waals surface area contributed by atoms with Crippen LogP contribution in [0.5, 0.6) is 11.5 Å². The number of hydrogen-bond donors (Lipinski definition) is 0. The summed E-state index contributed by atoms with van der Waals surface area (Å²) in [5.41, 5.74) is 4.75. The summed E-state index contributed by atoms with van der Waals surface area (Å²) in [6.45, 7) is 2.12. The molecule has 0 N–H and O–H groups in total. The fraction of sp³-hybridized carbons (Fsp3) is 0.154. The lowest BCUT2D eigenvalue weighted by molar-refractivity contribution is 0.356. The largest absolute Gasteiger partial charge is 0.493 e. The molecule has 5 nitrogen and oxygen atoms in total. The van der Waals surface area contributed by atoms with E-state index in [9.17, 15) is 0 Å². The summed E-state index contributed by atoms with van der Waals surface area (Å²) >= 11 is 0. The number of para-hydroxylation sites is 1. The zero-order chi connectivity index (χ0) is 21.4. The molecular formula is C26H23N3O2. The predicted octanol–water partition coefficient (Wildman–Crippen LogP) is 5.82. The third-order valence-electron chi connectivity index (χ3n) is 5.59. The first-order valence-corrected chi connectivity index (χ1v) is 10.3. The van der Waals surface area contributed by atoms with Gasteiger partial charge in [-0.2, -0.15) is 5.10 Å². The van der Waals surface area contributed by atoms with Gasteiger partial charge in [-0.15, -0.1) is 0 Å². The van der Waals surface area contributed by atoms with E-state index in [1.54, 1.807) is 14.2 Å². The molecule has 154 valence electrons. The van der Waals surface area contributed by atoms with E-state index < -0.39 is 0 Å². The topological polar surface area (TPSA) is 49.2 Å². The Morgan fingerprint density at radius 3 is 2.03 bits per heavy atom. The number of rotatable bonds is 5. The van der Waals surface area contributed by atoms with Crippen molar-refractivity contribution in [3.63, 3.8) is 0 Å². The zero-order valence-corrected chi connectivity index (χ0v) is 17.8. The number of aromatic nitrogens is 3. The maximum Gasteiger partial charge on any atom is 0.164 e. The molecule has 2 heterocycles. The third kappa shape index (κ3) is 3.10. The highest BCUT2D eigenvalue weighted by Gasteiger charge is 2.21. The van der Waals surface area contributed by atoms with Gasteiger partial charge in [-0.3, -0.25) is 0 Å². The van der Waals surface area contributed by atoms with E-state index in [-0.39, 0.29) is 0 Å². The van der Waals surface area contributed by atoms with Gasteiger partial charge in [-0.25, -0.2) is 9.67 Å². The van der Waals surface area contributed by atoms with Crippen LogP contribution in [0.25, 0.3) is 38.8 Å². The van der Waals surface area contributed by atoms with Crippen molar-refractivity contribution in [3.8, 4) is 28.4 Å². The van der Waals surface area contributed by atoms with Crippen LogP contribution in [0.3, 0.4) is 0 Å². The Kier molecular flexibility index (Phi) is 4.79. The zero-order valence-electron chi connectivity index (χ0n) is 17.8. The van der Waals surface area contributed by atoms with Crippen molar-refractivity contribution in [2.24, 2.45) is 0 Å². The predicted molar refractivity (Wildman–Crippen MR) is 124 cm³/mol. The second-order valence-corrected chi connectivity index (χ2v) is 7.33. The number of benzene rings is 3. The standard InChI is InChI=1S/C26H23N3O2/c1-4-21-19-15-22(30-2)23(31-3)16-20(19)24-25(17-11-7-5-8-12-17)28-29(26(24)27-21)18-13-9-6-10-14-18/h5-16H,4H2,1-3H3. The summed E-state index contributed by atoms with van der Waals surface area (Å²) in [6, 6.07) is 24.4. The van der Waals surface area contributed by atoms with Crippen LogP contribution in [-0.4, -0.2) is 29.0 Å². The molecule has 0 amide bonds. The summed E-state index contributed by atoms with van der Waals surface area (Å²) in [4.78, 5) is 5.08. The lowest BCUT2D eigenvalue weighted by Crippen LogP contribution is -2.00. The van der Waals surface area contributed by atoms with E-state index in [0.29, 0.717) is 11.5 Å². The fourth-order valence-electron chi connectivity index (χ4n) is 4.09. The minimum atomic E-state index is 0.691. The first kappa shape index (κ1) is 19.1. The Bertz CT molecular complexity index is 1380. The SMILES string of the molecule is CCc1nc2c(c(-c3ccccc3)nn2-c2ccccc2)c2cc(OC)c(OC)cc12. The van der Waals surface area contributed by atoms with Crippen molar-refractivity contribution < 1.29 is 9.47 Å². The van der Waals surface area contributed by atoms with Gasteiger partial charge in [0.25, 0.3) is 0 Å². The van der Waals surface area contributed by atoms with Gasteiger partial charge in [0.15, 0.2) is 17.1 Å². The Morgan fingerprint density at radius 2 is 1.42 bits per heavy atom. The highest BCUT2D eigenvalue weighted by molar-refractivity contribution is 6.13. The van der Waals surface area contributed by atoms with Gasteiger partial charge in [0.1, 0.15) is 5.69 Å². The van der Waals surface area contributed by atoms with Crippen LogP contribution in [0.1, 0.15) is 12.6 Å². The molecule has 0 radical (unpaired) electrons. The second kappa shape index (κ2) is 7.76. The van der Waals surface area contributed by atoms with E-state index in [1.807, 2.05) is 65.3 Å². The molecular weight excluding hydrogens is 386 g/mol. The van der Waals surface area contributed by atoms with Crippen molar-refractivity contribution in [2.75, 3.05) is 14.2 Å². The molecule has 0 spiro atoms. The van der Waals surface area contributed by atoms with Crippen LogP contribution in [0, 0.1) is 0 Å². The normalized spacial score (nSPS) is 11.2. The number of aryl methyl sites for hydroxylation is 1. The Balaban J connectivity index is 1.97. The van der Waals surface area contributed by atoms with Gasteiger partial charge in [-0.1, -0.05) is 55.5 Å². The van der Waals surface area contributed by atoms with Crippen LogP contribution in [0.2, 0.25) is 0 Å². The number of pyridine rings is 1. The van der Waals surface area contributed by atoms with Gasteiger partial charge < -0.3 is 9.47 Å². The van der Waals surface area contributed by atoms with Gasteiger partial charge in [0.05, 0.1) is 31.0 Å². The molecule has 5 heteroatoms. The van der Waals surface area contributed by atoms with Crippen LogP contribution in [0.4, 0.5) is 0 Å². The summed E-state index contributed by atoms with van der Waals surface area (Å²) in [7, 11) is 3.32. The smallest absolute Gasteiger partial charge is 0.164 e. The van der Waals surface area contributed by atoms with Gasteiger partial charge in [-0.05, 0) is 30.7 Å². The van der Waals surface area contributed by atoms with Crippen LogP contribution in [0.15, 0.2) is 72.8 Å². The average Bonchev–Trinajstić information content (AvgIpc) is 3.23. The molecule has 0 fully saturated rings. The summed E-state index contributed by atoms with van der Waals surface area (Å²) in [5.74, 6) is 1.39. The molecule has 0 atom stereocenters. The highest BCUT2D eigenvalue weighted by atomic mass is 16.5. The van der Waals surface area contributed by atoms with E-state index in [1.165, 1.54) is 0 Å². The average molecular weight is 409 g/mol. The number of ether oxygens (including phenoxy) is 2. The summed E-state index contributed by atoms with van der Waals surface area (Å²) in [6.07, 6.45) is 0.794. The minimum absolute atomic E-state index is 0.691. The van der Waals surface area contributed by atoms with Gasteiger partial charge in [0.2, 0.25) is 0 Å². The number of nitrogens with zero attached hydrogens (tertiary/aromatic N) is 3.